The van der Waals surface area contributed by atoms with Crippen molar-refractivity contribution in [1.29, 1.82) is 0 Å². The van der Waals surface area contributed by atoms with Crippen molar-refractivity contribution in [2.75, 3.05) is 72.0 Å². The number of amides is 7. The van der Waals surface area contributed by atoms with Gasteiger partial charge in [0.15, 0.2) is 0 Å². The highest BCUT2D eigenvalue weighted by atomic mass is 16.6. The van der Waals surface area contributed by atoms with Crippen molar-refractivity contribution in [3.05, 3.63) is 0 Å². The second-order valence-corrected chi connectivity index (χ2v) is 25.5. The molecule has 3 N–H and O–H groups in total. The van der Waals surface area contributed by atoms with Crippen LogP contribution in [0.1, 0.15) is 209 Å². The summed E-state index contributed by atoms with van der Waals surface area (Å²) in [5.74, 6) is -0.189. The van der Waals surface area contributed by atoms with Gasteiger partial charge in [-0.15, -0.1) is 0 Å². The Kier molecular flexibility index (Phi) is 31.9. The fraction of sp³-hybridized carbons (Fsp3) is 0.875. The Morgan fingerprint density at radius 2 is 0.618 bits per heavy atom. The normalized spacial score (nSPS) is 12.3. The van der Waals surface area contributed by atoms with E-state index >= 15 is 0 Å². The van der Waals surface area contributed by atoms with E-state index in [0.717, 1.165) is 25.7 Å². The van der Waals surface area contributed by atoms with Crippen LogP contribution in [-0.4, -0.2) is 168 Å². The summed E-state index contributed by atoms with van der Waals surface area (Å²) < 4.78 is 34.1. The number of carbonyl (C=O) groups is 7. The van der Waals surface area contributed by atoms with E-state index in [0.29, 0.717) is 110 Å². The van der Waals surface area contributed by atoms with Gasteiger partial charge in [-0.05, 0) is 182 Å². The summed E-state index contributed by atoms with van der Waals surface area (Å²) in [6, 6.07) is 0. The van der Waals surface area contributed by atoms with Crippen LogP contribution in [0.4, 0.5) is 28.8 Å². The summed E-state index contributed by atoms with van der Waals surface area (Å²) in [5.41, 5.74) is -4.32. The van der Waals surface area contributed by atoms with Crippen LogP contribution in [0.15, 0.2) is 0 Å². The highest BCUT2D eigenvalue weighted by molar-refractivity contribution is 5.75. The van der Waals surface area contributed by atoms with Crippen molar-refractivity contribution in [2.45, 2.75) is 242 Å². The highest BCUT2D eigenvalue weighted by Crippen LogP contribution is 2.21. The van der Waals surface area contributed by atoms with Crippen molar-refractivity contribution in [2.24, 2.45) is 5.92 Å². The maximum Gasteiger partial charge on any atom is 0.410 e. The van der Waals surface area contributed by atoms with E-state index in [1.165, 1.54) is 0 Å². The lowest BCUT2D eigenvalue weighted by atomic mass is 9.98. The molecule has 0 aliphatic heterocycles. The molecule has 0 fully saturated rings. The van der Waals surface area contributed by atoms with Crippen LogP contribution in [0.5, 0.6) is 0 Å². The Hall–Kier alpha value is -4.91. The van der Waals surface area contributed by atoms with Crippen molar-refractivity contribution < 1.29 is 62.0 Å². The molecule has 0 atom stereocenters. The number of hydrogen-bond acceptors (Lipinski definition) is 13. The van der Waals surface area contributed by atoms with Gasteiger partial charge in [0.25, 0.3) is 0 Å². The highest BCUT2D eigenvalue weighted by Gasteiger charge is 2.30. The third-order valence-electron chi connectivity index (χ3n) is 10.5. The molecule has 7 amide bonds. The first kappa shape index (κ1) is 71.1. The van der Waals surface area contributed by atoms with Crippen LogP contribution in [0.25, 0.3) is 0 Å². The molecule has 0 rings (SSSR count). The monoisotopic (exact) mass is 1090 g/mol. The van der Waals surface area contributed by atoms with Crippen molar-refractivity contribution in [3.8, 4) is 0 Å². The Bertz CT molecular complexity index is 1630. The van der Waals surface area contributed by atoms with Crippen LogP contribution < -0.4 is 16.0 Å². The summed E-state index contributed by atoms with van der Waals surface area (Å²) in [6.07, 6.45) is 4.50. The number of nitrogens with one attached hydrogen (secondary N) is 3. The number of alkyl carbamates (subject to hydrolysis) is 2. The van der Waals surface area contributed by atoms with Gasteiger partial charge in [0.05, 0.1) is 0 Å². The average molecular weight is 1090 g/mol. The fourth-order valence-corrected chi connectivity index (χ4v) is 7.30. The standard InChI is InChI=1S/C56H107N7O13/c1-20-44(64)57-32-24-22-21-23-31-43(41-62(49(69)75-55(14,15)16)37-27-25-35-60(47(67)73-53(8,9)10)39-29-33-58-45(65)71-51(2,3)4)42-63(50(70)76-56(17,18)19)38-28-26-36-61(48(68)74-54(11,12)13)40-30-34-59-46(66)72-52(5,6)7/h43H,20-42H2,1-19H3,(H,57,64)(H,58,65)(H,59,66). The molecule has 76 heavy (non-hydrogen) atoms. The van der Waals surface area contributed by atoms with Gasteiger partial charge >= 0.3 is 36.6 Å². The number of nitrogens with zero attached hydrogens (tertiary/aromatic N) is 4. The smallest absolute Gasteiger partial charge is 0.410 e. The molecule has 0 aliphatic rings. The van der Waals surface area contributed by atoms with Crippen LogP contribution in [-0.2, 0) is 33.2 Å². The summed E-state index contributed by atoms with van der Waals surface area (Å²) in [7, 11) is 0. The minimum atomic E-state index is -0.788. The van der Waals surface area contributed by atoms with E-state index in [2.05, 4.69) is 16.0 Å². The molecule has 0 unspecified atom stereocenters. The number of unbranched alkanes of at least 4 members (excludes halogenated alkanes) is 5. The number of hydrogen-bond donors (Lipinski definition) is 3. The lowest BCUT2D eigenvalue weighted by molar-refractivity contribution is -0.120. The zero-order valence-electron chi connectivity index (χ0n) is 50.9. The predicted molar refractivity (Wildman–Crippen MR) is 297 cm³/mol. The third-order valence-corrected chi connectivity index (χ3v) is 10.5. The van der Waals surface area contributed by atoms with E-state index in [1.54, 1.807) is 103 Å². The quantitative estimate of drug-likeness (QED) is 0.0450. The fourth-order valence-electron chi connectivity index (χ4n) is 7.30. The minimum absolute atomic E-state index is 0.0137. The molecule has 0 aromatic heterocycles. The molecule has 444 valence electrons. The zero-order chi connectivity index (χ0) is 58.6. The number of carbonyl (C=O) groups excluding carboxylic acids is 7. The molecule has 0 aliphatic carbocycles. The molecular formula is C56H107N7O13. The summed E-state index contributed by atoms with van der Waals surface area (Å²) in [6.45, 7) is 37.9. The van der Waals surface area contributed by atoms with Gasteiger partial charge in [0, 0.05) is 78.4 Å². The van der Waals surface area contributed by atoms with Gasteiger partial charge in [-0.1, -0.05) is 26.2 Å². The molecule has 0 aromatic rings. The lowest BCUT2D eigenvalue weighted by Crippen LogP contribution is -2.45. The molecule has 0 saturated heterocycles. The lowest BCUT2D eigenvalue weighted by Gasteiger charge is -2.34. The largest absolute Gasteiger partial charge is 0.444 e. The van der Waals surface area contributed by atoms with Crippen LogP contribution >= 0.6 is 0 Å². The molecule has 0 heterocycles. The topological polar surface area (TPSA) is 224 Å². The molecule has 0 saturated carbocycles. The van der Waals surface area contributed by atoms with Crippen molar-refractivity contribution in [3.63, 3.8) is 0 Å². The van der Waals surface area contributed by atoms with E-state index in [1.807, 2.05) is 48.5 Å². The van der Waals surface area contributed by atoms with Crippen molar-refractivity contribution in [1.82, 2.24) is 35.6 Å². The molecular weight excluding hydrogens is 979 g/mol. The van der Waals surface area contributed by atoms with Gasteiger partial charge in [-0.25, -0.2) is 28.8 Å². The Balaban J connectivity index is 6.60. The third kappa shape index (κ3) is 40.4. The SMILES string of the molecule is CCC(=O)NCCCCCCC(CN(CCCCN(CCCNC(=O)OC(C)(C)C)C(=O)OC(C)(C)C)C(=O)OC(C)(C)C)CN(CCCCN(CCCNC(=O)OC(C)(C)C)C(=O)OC(C)(C)C)C(=O)OC(C)(C)C. The summed E-state index contributed by atoms with van der Waals surface area (Å²) in [4.78, 5) is 98.0. The molecule has 0 radical (unpaired) electrons. The van der Waals surface area contributed by atoms with Gasteiger partial charge in [0.1, 0.15) is 33.6 Å². The summed E-state index contributed by atoms with van der Waals surface area (Å²) >= 11 is 0. The van der Waals surface area contributed by atoms with E-state index in [-0.39, 0.29) is 24.9 Å². The Morgan fingerprint density at radius 1 is 0.342 bits per heavy atom. The first-order chi connectivity index (χ1) is 34.8. The van der Waals surface area contributed by atoms with Crippen molar-refractivity contribution >= 4 is 42.5 Å². The number of rotatable bonds is 30. The van der Waals surface area contributed by atoms with E-state index in [4.69, 9.17) is 28.4 Å². The van der Waals surface area contributed by atoms with Gasteiger partial charge in [0.2, 0.25) is 5.91 Å². The molecule has 0 spiro atoms. The first-order valence-corrected chi connectivity index (χ1v) is 27.9. The molecule has 0 bridgehead atoms. The van der Waals surface area contributed by atoms with Crippen LogP contribution in [0.2, 0.25) is 0 Å². The molecule has 20 nitrogen and oxygen atoms in total. The van der Waals surface area contributed by atoms with Crippen LogP contribution in [0.3, 0.4) is 0 Å². The van der Waals surface area contributed by atoms with Crippen LogP contribution in [0, 0.1) is 5.92 Å². The van der Waals surface area contributed by atoms with Gasteiger partial charge in [-0.2, -0.15) is 0 Å². The number of ether oxygens (including phenoxy) is 6. The maximum atomic E-state index is 14.1. The maximum absolute atomic E-state index is 14.1. The Morgan fingerprint density at radius 3 is 0.934 bits per heavy atom. The molecule has 0 aromatic carbocycles. The first-order valence-electron chi connectivity index (χ1n) is 27.9. The van der Waals surface area contributed by atoms with E-state index < -0.39 is 70.2 Å². The summed E-state index contributed by atoms with van der Waals surface area (Å²) in [5, 5.41) is 8.42. The predicted octanol–water partition coefficient (Wildman–Crippen LogP) is 11.4. The second-order valence-electron chi connectivity index (χ2n) is 25.5. The molecule has 20 heteroatoms. The van der Waals surface area contributed by atoms with Gasteiger partial charge < -0.3 is 64.0 Å². The zero-order valence-corrected chi connectivity index (χ0v) is 50.9. The van der Waals surface area contributed by atoms with Gasteiger partial charge in [-0.3, -0.25) is 4.79 Å². The average Bonchev–Trinajstić information content (AvgIpc) is 3.22. The van der Waals surface area contributed by atoms with E-state index in [9.17, 15) is 33.6 Å². The minimum Gasteiger partial charge on any atom is -0.444 e. The second kappa shape index (κ2) is 34.1. The Labute approximate surface area is 458 Å².